The van der Waals surface area contributed by atoms with Crippen LogP contribution in [0.5, 0.6) is 11.5 Å². The summed E-state index contributed by atoms with van der Waals surface area (Å²) < 4.78 is 10.5. The third kappa shape index (κ3) is 4.62. The number of ether oxygens (including phenoxy) is 2. The number of hydrogen-bond donors (Lipinski definition) is 2. The number of carbonyl (C=O) groups excluding carboxylic acids is 1. The molecule has 2 N–H and O–H groups in total. The highest BCUT2D eigenvalue weighted by Crippen LogP contribution is 2.27. The van der Waals surface area contributed by atoms with E-state index in [0.717, 1.165) is 5.56 Å². The Kier molecular flexibility index (Phi) is 6.01. The maximum Gasteiger partial charge on any atom is 0.251 e. The van der Waals surface area contributed by atoms with Crippen LogP contribution >= 0.6 is 0 Å². The van der Waals surface area contributed by atoms with Gasteiger partial charge in [0.25, 0.3) is 5.91 Å². The smallest absolute Gasteiger partial charge is 0.251 e. The van der Waals surface area contributed by atoms with Gasteiger partial charge in [-0.15, -0.1) is 0 Å². The molecule has 128 valence electrons. The summed E-state index contributed by atoms with van der Waals surface area (Å²) in [7, 11) is 3.21. The standard InChI is InChI=1S/C18H23N3O3/c1-12(2)21-18(22)14-7-8-19-17(10-14)20-11-13-5-6-15(23-3)16(9-13)24-4/h5-10,12H,11H2,1-4H3,(H,19,20)(H,21,22). The maximum absolute atomic E-state index is 12.0. The molecule has 2 aromatic rings. The van der Waals surface area contributed by atoms with E-state index < -0.39 is 0 Å². The zero-order chi connectivity index (χ0) is 17.5. The predicted molar refractivity (Wildman–Crippen MR) is 93.7 cm³/mol. The Morgan fingerprint density at radius 3 is 2.54 bits per heavy atom. The van der Waals surface area contributed by atoms with E-state index in [4.69, 9.17) is 9.47 Å². The molecule has 24 heavy (non-hydrogen) atoms. The normalized spacial score (nSPS) is 10.4. The number of amides is 1. The first kappa shape index (κ1) is 17.6. The Bertz CT molecular complexity index is 702. The van der Waals surface area contributed by atoms with Crippen LogP contribution in [0.1, 0.15) is 29.8 Å². The Hall–Kier alpha value is -2.76. The van der Waals surface area contributed by atoms with Crippen molar-refractivity contribution in [1.82, 2.24) is 10.3 Å². The molecule has 6 heteroatoms. The van der Waals surface area contributed by atoms with E-state index in [9.17, 15) is 4.79 Å². The van der Waals surface area contributed by atoms with E-state index in [1.165, 1.54) is 0 Å². The van der Waals surface area contributed by atoms with Crippen LogP contribution in [-0.2, 0) is 6.54 Å². The van der Waals surface area contributed by atoms with Gasteiger partial charge in [-0.05, 0) is 43.7 Å². The number of methoxy groups -OCH3 is 2. The van der Waals surface area contributed by atoms with Crippen LogP contribution in [0.4, 0.5) is 5.82 Å². The molecule has 0 aliphatic rings. The molecule has 1 aromatic heterocycles. The number of carbonyl (C=O) groups is 1. The van der Waals surface area contributed by atoms with Crippen molar-refractivity contribution in [3.05, 3.63) is 47.7 Å². The van der Waals surface area contributed by atoms with Gasteiger partial charge in [-0.3, -0.25) is 4.79 Å². The zero-order valence-corrected chi connectivity index (χ0v) is 14.4. The number of nitrogens with zero attached hydrogens (tertiary/aromatic N) is 1. The average Bonchev–Trinajstić information content (AvgIpc) is 2.59. The molecular weight excluding hydrogens is 306 g/mol. The van der Waals surface area contributed by atoms with Crippen LogP contribution in [0.2, 0.25) is 0 Å². The number of nitrogens with one attached hydrogen (secondary N) is 2. The summed E-state index contributed by atoms with van der Waals surface area (Å²) in [5.74, 6) is 1.89. The lowest BCUT2D eigenvalue weighted by atomic mass is 10.2. The summed E-state index contributed by atoms with van der Waals surface area (Å²) in [5.41, 5.74) is 1.60. The second-order valence-corrected chi connectivity index (χ2v) is 5.60. The predicted octanol–water partition coefficient (Wildman–Crippen LogP) is 2.85. The molecule has 1 aromatic carbocycles. The van der Waals surface area contributed by atoms with Gasteiger partial charge in [-0.25, -0.2) is 4.98 Å². The van der Waals surface area contributed by atoms with Crippen LogP contribution in [0.3, 0.4) is 0 Å². The number of aromatic nitrogens is 1. The summed E-state index contributed by atoms with van der Waals surface area (Å²) in [5, 5.41) is 6.07. The molecular formula is C18H23N3O3. The van der Waals surface area contributed by atoms with Crippen molar-refractivity contribution < 1.29 is 14.3 Å². The van der Waals surface area contributed by atoms with Crippen molar-refractivity contribution in [3.63, 3.8) is 0 Å². The highest BCUT2D eigenvalue weighted by Gasteiger charge is 2.09. The number of rotatable bonds is 7. The fourth-order valence-corrected chi connectivity index (χ4v) is 2.20. The summed E-state index contributed by atoms with van der Waals surface area (Å²) in [6.45, 7) is 4.41. The molecule has 0 bridgehead atoms. The summed E-state index contributed by atoms with van der Waals surface area (Å²) in [4.78, 5) is 16.3. The van der Waals surface area contributed by atoms with Gasteiger partial charge in [0, 0.05) is 24.3 Å². The number of pyridine rings is 1. The minimum Gasteiger partial charge on any atom is -0.493 e. The minimum absolute atomic E-state index is 0.0915. The van der Waals surface area contributed by atoms with Crippen molar-refractivity contribution in [3.8, 4) is 11.5 Å². The van der Waals surface area contributed by atoms with Crippen molar-refractivity contribution in [2.45, 2.75) is 26.4 Å². The fourth-order valence-electron chi connectivity index (χ4n) is 2.20. The molecule has 1 amide bonds. The third-order valence-electron chi connectivity index (χ3n) is 3.36. The van der Waals surface area contributed by atoms with Gasteiger partial charge >= 0.3 is 0 Å². The molecule has 0 atom stereocenters. The van der Waals surface area contributed by atoms with Gasteiger partial charge in [0.05, 0.1) is 14.2 Å². The van der Waals surface area contributed by atoms with Gasteiger partial charge in [0.2, 0.25) is 0 Å². The summed E-state index contributed by atoms with van der Waals surface area (Å²) in [6, 6.07) is 9.23. The van der Waals surface area contributed by atoms with E-state index in [1.54, 1.807) is 32.5 Å². The molecule has 0 unspecified atom stereocenters. The number of benzene rings is 1. The number of anilines is 1. The largest absolute Gasteiger partial charge is 0.493 e. The first-order chi connectivity index (χ1) is 11.5. The molecule has 2 rings (SSSR count). The van der Waals surface area contributed by atoms with Crippen LogP contribution in [-0.4, -0.2) is 31.2 Å². The van der Waals surface area contributed by atoms with Crippen molar-refractivity contribution in [2.24, 2.45) is 0 Å². The molecule has 0 saturated heterocycles. The molecule has 1 heterocycles. The minimum atomic E-state index is -0.110. The Morgan fingerprint density at radius 2 is 1.88 bits per heavy atom. The van der Waals surface area contributed by atoms with Gasteiger partial charge in [-0.1, -0.05) is 6.07 Å². The first-order valence-corrected chi connectivity index (χ1v) is 7.75. The molecule has 0 radical (unpaired) electrons. The monoisotopic (exact) mass is 329 g/mol. The first-order valence-electron chi connectivity index (χ1n) is 7.75. The molecule has 0 spiro atoms. The average molecular weight is 329 g/mol. The van der Waals surface area contributed by atoms with Crippen molar-refractivity contribution >= 4 is 11.7 Å². The molecule has 0 fully saturated rings. The lowest BCUT2D eigenvalue weighted by Gasteiger charge is -2.12. The quantitative estimate of drug-likeness (QED) is 0.817. The lowest BCUT2D eigenvalue weighted by molar-refractivity contribution is 0.0943. The maximum atomic E-state index is 12.0. The third-order valence-corrected chi connectivity index (χ3v) is 3.36. The lowest BCUT2D eigenvalue weighted by Crippen LogP contribution is -2.30. The van der Waals surface area contributed by atoms with Crippen LogP contribution in [0.15, 0.2) is 36.5 Å². The van der Waals surface area contributed by atoms with Gasteiger partial charge in [0.1, 0.15) is 5.82 Å². The molecule has 0 aliphatic carbocycles. The SMILES string of the molecule is COc1ccc(CNc2cc(C(=O)NC(C)C)ccn2)cc1OC. The van der Waals surface area contributed by atoms with Gasteiger partial charge < -0.3 is 20.1 Å². The molecule has 0 saturated carbocycles. The highest BCUT2D eigenvalue weighted by molar-refractivity contribution is 5.94. The van der Waals surface area contributed by atoms with E-state index in [1.807, 2.05) is 32.0 Å². The van der Waals surface area contributed by atoms with Gasteiger partial charge in [0.15, 0.2) is 11.5 Å². The summed E-state index contributed by atoms with van der Waals surface area (Å²) >= 11 is 0. The topological polar surface area (TPSA) is 72.5 Å². The van der Waals surface area contributed by atoms with Crippen LogP contribution < -0.4 is 20.1 Å². The zero-order valence-electron chi connectivity index (χ0n) is 14.4. The molecule has 6 nitrogen and oxygen atoms in total. The van der Waals surface area contributed by atoms with Gasteiger partial charge in [-0.2, -0.15) is 0 Å². The van der Waals surface area contributed by atoms with E-state index in [-0.39, 0.29) is 11.9 Å². The van der Waals surface area contributed by atoms with Crippen molar-refractivity contribution in [1.29, 1.82) is 0 Å². The second kappa shape index (κ2) is 8.19. The molecule has 0 aliphatic heterocycles. The fraction of sp³-hybridized carbons (Fsp3) is 0.333. The van der Waals surface area contributed by atoms with Crippen LogP contribution in [0.25, 0.3) is 0 Å². The van der Waals surface area contributed by atoms with E-state index >= 15 is 0 Å². The Morgan fingerprint density at radius 1 is 1.12 bits per heavy atom. The highest BCUT2D eigenvalue weighted by atomic mass is 16.5. The van der Waals surface area contributed by atoms with E-state index in [2.05, 4.69) is 15.6 Å². The van der Waals surface area contributed by atoms with Crippen LogP contribution in [0, 0.1) is 0 Å². The second-order valence-electron chi connectivity index (χ2n) is 5.60. The van der Waals surface area contributed by atoms with E-state index in [0.29, 0.717) is 29.4 Å². The Labute approximate surface area is 142 Å². The Balaban J connectivity index is 2.05. The van der Waals surface area contributed by atoms with Crippen molar-refractivity contribution in [2.75, 3.05) is 19.5 Å². The summed E-state index contributed by atoms with van der Waals surface area (Å²) in [6.07, 6.45) is 1.62. The number of hydrogen-bond acceptors (Lipinski definition) is 5.